The third-order valence-corrected chi connectivity index (χ3v) is 6.28. The molecule has 9 heteroatoms. The van der Waals surface area contributed by atoms with Crippen molar-refractivity contribution >= 4 is 20.9 Å². The number of rotatable bonds is 15. The minimum atomic E-state index is -2.67. The average Bonchev–Trinajstić information content (AvgIpc) is 2.59. The highest BCUT2D eigenvalue weighted by atomic mass is 28.4. The first-order valence-electron chi connectivity index (χ1n) is 9.05. The van der Waals surface area contributed by atoms with Gasteiger partial charge in [-0.05, 0) is 34.1 Å². The molecule has 0 aliphatic heterocycles. The minimum absolute atomic E-state index is 0.171. The summed E-state index contributed by atoms with van der Waals surface area (Å²) in [5.74, 6) is -0.444. The third kappa shape index (κ3) is 11.2. The summed E-state index contributed by atoms with van der Waals surface area (Å²) in [6.45, 7) is 13.1. The highest BCUT2D eigenvalue weighted by Gasteiger charge is 2.39. The van der Waals surface area contributed by atoms with Gasteiger partial charge in [-0.3, -0.25) is 0 Å². The van der Waals surface area contributed by atoms with E-state index >= 15 is 0 Å². The fourth-order valence-electron chi connectivity index (χ4n) is 2.06. The first-order chi connectivity index (χ1) is 12.4. The summed E-state index contributed by atoms with van der Waals surface area (Å²) in [6.07, 6.45) is 0.590. The van der Waals surface area contributed by atoms with Crippen LogP contribution >= 0.6 is 0 Å². The number of amides is 1. The van der Waals surface area contributed by atoms with Crippen molar-refractivity contribution in [1.82, 2.24) is 5.32 Å². The molecule has 0 heterocycles. The highest BCUT2D eigenvalue weighted by Crippen LogP contribution is 2.17. The monoisotopic (exact) mass is 391 g/mol. The molecule has 0 aliphatic rings. The number of carbonyl (C=O) groups excluding carboxylic acids is 2. The fourth-order valence-corrected chi connectivity index (χ4v) is 4.67. The van der Waals surface area contributed by atoms with Crippen LogP contribution in [0.2, 0.25) is 6.04 Å². The number of alkyl carbamates (subject to hydrolysis) is 1. The summed E-state index contributed by atoms with van der Waals surface area (Å²) in [4.78, 5) is 22.8. The molecular formula is C17H33NO7Si. The molecule has 0 saturated heterocycles. The maximum absolute atomic E-state index is 11.6. The Labute approximate surface area is 157 Å². The van der Waals surface area contributed by atoms with Crippen LogP contribution in [0.1, 0.15) is 40.5 Å². The van der Waals surface area contributed by atoms with E-state index in [-0.39, 0.29) is 13.2 Å². The van der Waals surface area contributed by atoms with Crippen LogP contribution in [0.4, 0.5) is 4.79 Å². The molecule has 1 amide bonds. The largest absolute Gasteiger partial charge is 0.500 e. The zero-order chi connectivity index (χ0) is 19.8. The molecule has 0 atom stereocenters. The number of ether oxygens (including phenoxy) is 2. The Kier molecular flexibility index (Phi) is 13.9. The van der Waals surface area contributed by atoms with Crippen molar-refractivity contribution < 1.29 is 32.3 Å². The predicted molar refractivity (Wildman–Crippen MR) is 99.8 cm³/mol. The van der Waals surface area contributed by atoms with Gasteiger partial charge in [0.15, 0.2) is 0 Å². The molecule has 0 saturated carbocycles. The molecule has 8 nitrogen and oxygen atoms in total. The Hall–Kier alpha value is -1.42. The second kappa shape index (κ2) is 14.7. The van der Waals surface area contributed by atoms with Crippen molar-refractivity contribution in [3.8, 4) is 0 Å². The summed E-state index contributed by atoms with van der Waals surface area (Å²) in [5, 5.41) is 2.67. The van der Waals surface area contributed by atoms with E-state index in [1.54, 1.807) is 6.92 Å². The molecule has 0 fully saturated rings. The summed E-state index contributed by atoms with van der Waals surface area (Å²) in [6, 6.07) is 0.625. The molecular weight excluding hydrogens is 358 g/mol. The van der Waals surface area contributed by atoms with Gasteiger partial charge in [0, 0.05) is 44.4 Å². The molecule has 0 aliphatic carbocycles. The Balaban J connectivity index is 3.94. The summed E-state index contributed by atoms with van der Waals surface area (Å²) in [5.41, 5.74) is 0.342. The van der Waals surface area contributed by atoms with Crippen LogP contribution in [-0.4, -0.2) is 60.4 Å². The smallest absolute Gasteiger partial charge is 0.462 e. The van der Waals surface area contributed by atoms with E-state index in [2.05, 4.69) is 11.9 Å². The van der Waals surface area contributed by atoms with Gasteiger partial charge in [0.05, 0.1) is 13.2 Å². The van der Waals surface area contributed by atoms with Gasteiger partial charge in [-0.15, -0.1) is 0 Å². The first kappa shape index (κ1) is 24.6. The molecule has 1 N–H and O–H groups in total. The average molecular weight is 392 g/mol. The topological polar surface area (TPSA) is 92.3 Å². The third-order valence-electron chi connectivity index (χ3n) is 3.13. The standard InChI is InChI=1S/C17H33NO7Si/c1-6-23-26(24-7-2,25-8-3)14-9-11-18-17(20)22-13-10-12-21-16(19)15(4)5/h4,6-14H2,1-3,5H3,(H,18,20). The normalized spacial score (nSPS) is 11.1. The lowest BCUT2D eigenvalue weighted by Gasteiger charge is -2.28. The van der Waals surface area contributed by atoms with Gasteiger partial charge in [0.2, 0.25) is 0 Å². The van der Waals surface area contributed by atoms with E-state index < -0.39 is 20.9 Å². The maximum Gasteiger partial charge on any atom is 0.500 e. The molecule has 0 radical (unpaired) electrons. The van der Waals surface area contributed by atoms with Crippen LogP contribution in [0.3, 0.4) is 0 Å². The van der Waals surface area contributed by atoms with Gasteiger partial charge in [-0.1, -0.05) is 6.58 Å². The van der Waals surface area contributed by atoms with Crippen LogP contribution in [0.15, 0.2) is 12.2 Å². The Morgan fingerprint density at radius 3 is 1.96 bits per heavy atom. The van der Waals surface area contributed by atoms with Crippen LogP contribution < -0.4 is 5.32 Å². The van der Waals surface area contributed by atoms with Crippen molar-refractivity contribution in [2.45, 2.75) is 46.6 Å². The molecule has 152 valence electrons. The van der Waals surface area contributed by atoms with E-state index in [0.29, 0.717) is 50.8 Å². The van der Waals surface area contributed by atoms with E-state index in [4.69, 9.17) is 22.8 Å². The summed E-state index contributed by atoms with van der Waals surface area (Å²) >= 11 is 0. The van der Waals surface area contributed by atoms with Crippen molar-refractivity contribution in [2.75, 3.05) is 39.6 Å². The van der Waals surface area contributed by atoms with Crippen molar-refractivity contribution in [2.24, 2.45) is 0 Å². The number of hydrogen-bond donors (Lipinski definition) is 1. The van der Waals surface area contributed by atoms with Gasteiger partial charge in [0.25, 0.3) is 0 Å². The Morgan fingerprint density at radius 2 is 1.46 bits per heavy atom. The Bertz CT molecular complexity index is 414. The lowest BCUT2D eigenvalue weighted by atomic mass is 10.4. The molecule has 26 heavy (non-hydrogen) atoms. The van der Waals surface area contributed by atoms with Crippen molar-refractivity contribution in [3.63, 3.8) is 0 Å². The molecule has 0 aromatic carbocycles. The first-order valence-corrected chi connectivity index (χ1v) is 11.0. The van der Waals surface area contributed by atoms with Gasteiger partial charge >= 0.3 is 20.9 Å². The quantitative estimate of drug-likeness (QED) is 0.198. The zero-order valence-electron chi connectivity index (χ0n) is 16.4. The second-order valence-electron chi connectivity index (χ2n) is 5.42. The Morgan fingerprint density at radius 1 is 0.923 bits per heavy atom. The number of nitrogens with one attached hydrogen (secondary N) is 1. The van der Waals surface area contributed by atoms with Crippen molar-refractivity contribution in [1.29, 1.82) is 0 Å². The molecule has 0 aromatic rings. The lowest BCUT2D eigenvalue weighted by molar-refractivity contribution is -0.139. The van der Waals surface area contributed by atoms with E-state index in [0.717, 1.165) is 0 Å². The summed E-state index contributed by atoms with van der Waals surface area (Å²) in [7, 11) is -2.67. The molecule has 0 aromatic heterocycles. The molecule has 0 bridgehead atoms. The molecule has 0 rings (SSSR count). The number of carbonyl (C=O) groups is 2. The second-order valence-corrected chi connectivity index (χ2v) is 8.15. The maximum atomic E-state index is 11.6. The zero-order valence-corrected chi connectivity index (χ0v) is 17.4. The number of esters is 1. The van der Waals surface area contributed by atoms with E-state index in [1.807, 2.05) is 20.8 Å². The van der Waals surface area contributed by atoms with Crippen LogP contribution in [0.25, 0.3) is 0 Å². The van der Waals surface area contributed by atoms with Gasteiger partial charge in [-0.25, -0.2) is 9.59 Å². The number of hydrogen-bond acceptors (Lipinski definition) is 7. The van der Waals surface area contributed by atoms with Crippen LogP contribution in [-0.2, 0) is 27.5 Å². The lowest BCUT2D eigenvalue weighted by Crippen LogP contribution is -2.46. The van der Waals surface area contributed by atoms with Crippen LogP contribution in [0.5, 0.6) is 0 Å². The van der Waals surface area contributed by atoms with E-state index in [9.17, 15) is 9.59 Å². The van der Waals surface area contributed by atoms with Gasteiger partial charge in [-0.2, -0.15) is 0 Å². The van der Waals surface area contributed by atoms with Gasteiger partial charge in [0.1, 0.15) is 0 Å². The van der Waals surface area contributed by atoms with E-state index in [1.165, 1.54) is 0 Å². The fraction of sp³-hybridized carbons (Fsp3) is 0.765. The molecule has 0 unspecified atom stereocenters. The highest BCUT2D eigenvalue weighted by molar-refractivity contribution is 6.60. The minimum Gasteiger partial charge on any atom is -0.462 e. The summed E-state index contributed by atoms with van der Waals surface area (Å²) < 4.78 is 27.2. The molecule has 0 spiro atoms. The SMILES string of the molecule is C=C(C)C(=O)OCCCOC(=O)NCCC[Si](OCC)(OCC)OCC. The van der Waals surface area contributed by atoms with Crippen molar-refractivity contribution in [3.05, 3.63) is 12.2 Å². The predicted octanol–water partition coefficient (Wildman–Crippen LogP) is 2.66. The van der Waals surface area contributed by atoms with Crippen LogP contribution in [0, 0.1) is 0 Å². The van der Waals surface area contributed by atoms with Gasteiger partial charge < -0.3 is 28.1 Å².